The van der Waals surface area contributed by atoms with Crippen LogP contribution in [0.2, 0.25) is 0 Å². The zero-order valence-electron chi connectivity index (χ0n) is 14.5. The summed E-state index contributed by atoms with van der Waals surface area (Å²) in [4.78, 5) is 21.2. The molecule has 3 aromatic heterocycles. The number of amides is 1. The van der Waals surface area contributed by atoms with Gasteiger partial charge in [-0.15, -0.1) is 11.3 Å². The molecule has 0 saturated heterocycles. The number of aromatic nitrogens is 2. The van der Waals surface area contributed by atoms with Crippen LogP contribution in [0.4, 0.5) is 0 Å². The van der Waals surface area contributed by atoms with Crippen LogP contribution in [0.5, 0.6) is 0 Å². The third-order valence-corrected chi connectivity index (χ3v) is 6.45. The van der Waals surface area contributed by atoms with Crippen molar-refractivity contribution >= 4 is 22.9 Å². The Morgan fingerprint density at radius 1 is 1.28 bits per heavy atom. The number of carbonyl (C=O) groups excluding carboxylic acids is 1. The van der Waals surface area contributed by atoms with Gasteiger partial charge in [-0.05, 0) is 43.3 Å². The van der Waals surface area contributed by atoms with Gasteiger partial charge in [-0.1, -0.05) is 25.0 Å². The average molecular weight is 353 g/mol. The highest BCUT2D eigenvalue weighted by Gasteiger charge is 2.45. The highest BCUT2D eigenvalue weighted by atomic mass is 32.1. The topological polar surface area (TPSA) is 37.6 Å². The molecule has 1 aliphatic rings. The fourth-order valence-corrected chi connectivity index (χ4v) is 5.00. The molecular formula is C20H23N3OS. The molecule has 1 aliphatic carbocycles. The summed E-state index contributed by atoms with van der Waals surface area (Å²) in [6.45, 7) is 3.39. The van der Waals surface area contributed by atoms with Gasteiger partial charge in [0.2, 0.25) is 5.91 Å². The standard InChI is InChI=1S/C20H23N3OS/c1-2-22(15-16-14-21-18-9-3-6-12-23(16)18)19(24)20(10-4-5-11-20)17-8-7-13-25-17/h3,6-9,12-14H,2,4-5,10-11,15H2,1H3. The van der Waals surface area contributed by atoms with Crippen LogP contribution in [-0.2, 0) is 16.8 Å². The maximum absolute atomic E-state index is 13.6. The Morgan fingerprint density at radius 3 is 2.84 bits per heavy atom. The van der Waals surface area contributed by atoms with Crippen LogP contribution in [0.25, 0.3) is 5.65 Å². The largest absolute Gasteiger partial charge is 0.336 e. The summed E-state index contributed by atoms with van der Waals surface area (Å²) >= 11 is 1.72. The smallest absolute Gasteiger partial charge is 0.234 e. The molecule has 0 bridgehead atoms. The Morgan fingerprint density at radius 2 is 2.12 bits per heavy atom. The molecule has 0 N–H and O–H groups in total. The maximum atomic E-state index is 13.6. The minimum Gasteiger partial charge on any atom is -0.336 e. The van der Waals surface area contributed by atoms with E-state index in [4.69, 9.17) is 0 Å². The lowest BCUT2D eigenvalue weighted by molar-refractivity contribution is -0.137. The van der Waals surface area contributed by atoms with E-state index in [0.717, 1.165) is 37.0 Å². The van der Waals surface area contributed by atoms with Gasteiger partial charge in [-0.2, -0.15) is 0 Å². The highest BCUT2D eigenvalue weighted by molar-refractivity contribution is 7.10. The van der Waals surface area contributed by atoms with Gasteiger partial charge in [-0.25, -0.2) is 4.98 Å². The molecule has 4 nitrogen and oxygen atoms in total. The fourth-order valence-electron chi connectivity index (χ4n) is 4.02. The molecule has 3 heterocycles. The zero-order chi connectivity index (χ0) is 17.3. The zero-order valence-corrected chi connectivity index (χ0v) is 15.3. The summed E-state index contributed by atoms with van der Waals surface area (Å²) in [5, 5.41) is 2.09. The molecule has 0 aliphatic heterocycles. The number of rotatable bonds is 5. The molecule has 0 unspecified atom stereocenters. The Kier molecular flexibility index (Phi) is 4.34. The van der Waals surface area contributed by atoms with E-state index < -0.39 is 0 Å². The second kappa shape index (κ2) is 6.64. The van der Waals surface area contributed by atoms with Crippen molar-refractivity contribution in [3.05, 3.63) is 58.7 Å². The first kappa shape index (κ1) is 16.3. The van der Waals surface area contributed by atoms with Crippen LogP contribution >= 0.6 is 11.3 Å². The van der Waals surface area contributed by atoms with Crippen molar-refractivity contribution < 1.29 is 4.79 Å². The van der Waals surface area contributed by atoms with E-state index in [2.05, 4.69) is 33.8 Å². The maximum Gasteiger partial charge on any atom is 0.234 e. The van der Waals surface area contributed by atoms with Crippen LogP contribution in [0.1, 0.15) is 43.2 Å². The van der Waals surface area contributed by atoms with Gasteiger partial charge in [0.25, 0.3) is 0 Å². The summed E-state index contributed by atoms with van der Waals surface area (Å²) in [7, 11) is 0. The third-order valence-electron chi connectivity index (χ3n) is 5.37. The van der Waals surface area contributed by atoms with Gasteiger partial charge in [0.1, 0.15) is 5.65 Å². The molecule has 5 heteroatoms. The van der Waals surface area contributed by atoms with Crippen molar-refractivity contribution in [2.45, 2.75) is 44.6 Å². The molecule has 1 fully saturated rings. The fraction of sp³-hybridized carbons (Fsp3) is 0.400. The van der Waals surface area contributed by atoms with Crippen molar-refractivity contribution in [1.82, 2.24) is 14.3 Å². The molecule has 1 amide bonds. The minimum absolute atomic E-state index is 0.279. The average Bonchev–Trinajstić information content (AvgIpc) is 3.40. The second-order valence-corrected chi connectivity index (χ2v) is 7.71. The Balaban J connectivity index is 1.65. The lowest BCUT2D eigenvalue weighted by Gasteiger charge is -2.33. The Labute approximate surface area is 152 Å². The number of imidazole rings is 1. The van der Waals surface area contributed by atoms with Crippen LogP contribution in [0, 0.1) is 0 Å². The molecule has 0 aromatic carbocycles. The normalized spacial score (nSPS) is 16.4. The van der Waals surface area contributed by atoms with Gasteiger partial charge in [0, 0.05) is 17.6 Å². The van der Waals surface area contributed by atoms with Crippen molar-refractivity contribution in [2.24, 2.45) is 0 Å². The van der Waals surface area contributed by atoms with Gasteiger partial charge in [0.05, 0.1) is 23.9 Å². The molecule has 25 heavy (non-hydrogen) atoms. The number of pyridine rings is 1. The van der Waals surface area contributed by atoms with Crippen molar-refractivity contribution in [3.63, 3.8) is 0 Å². The SMILES string of the molecule is CCN(Cc1cnc2ccccn12)C(=O)C1(c2cccs2)CCCC1. The summed E-state index contributed by atoms with van der Waals surface area (Å²) in [6.07, 6.45) is 8.11. The van der Waals surface area contributed by atoms with Crippen LogP contribution in [0.3, 0.4) is 0 Å². The number of hydrogen-bond donors (Lipinski definition) is 0. The predicted octanol–water partition coefficient (Wildman–Crippen LogP) is 4.26. The van der Waals surface area contributed by atoms with E-state index in [1.54, 1.807) is 11.3 Å². The third kappa shape index (κ3) is 2.76. The minimum atomic E-state index is -0.315. The number of fused-ring (bicyclic) bond motifs is 1. The van der Waals surface area contributed by atoms with Gasteiger partial charge >= 0.3 is 0 Å². The first-order valence-corrected chi connectivity index (χ1v) is 9.87. The van der Waals surface area contributed by atoms with Crippen molar-refractivity contribution in [1.29, 1.82) is 0 Å². The van der Waals surface area contributed by atoms with Crippen molar-refractivity contribution in [3.8, 4) is 0 Å². The van der Waals surface area contributed by atoms with E-state index in [-0.39, 0.29) is 11.3 Å². The summed E-state index contributed by atoms with van der Waals surface area (Å²) in [5.74, 6) is 0.279. The summed E-state index contributed by atoms with van der Waals surface area (Å²) in [6, 6.07) is 10.2. The van der Waals surface area contributed by atoms with Crippen molar-refractivity contribution in [2.75, 3.05) is 6.54 Å². The summed E-state index contributed by atoms with van der Waals surface area (Å²) < 4.78 is 2.07. The molecule has 0 atom stereocenters. The van der Waals surface area contributed by atoms with Crippen LogP contribution in [-0.4, -0.2) is 26.7 Å². The Hall–Kier alpha value is -2.14. The molecular weight excluding hydrogens is 330 g/mol. The second-order valence-electron chi connectivity index (χ2n) is 6.76. The van der Waals surface area contributed by atoms with E-state index in [0.29, 0.717) is 13.1 Å². The monoisotopic (exact) mass is 353 g/mol. The lowest BCUT2D eigenvalue weighted by Crippen LogP contribution is -2.44. The highest BCUT2D eigenvalue weighted by Crippen LogP contribution is 2.44. The molecule has 0 spiro atoms. The van der Waals surface area contributed by atoms with Gasteiger partial charge in [0.15, 0.2) is 0 Å². The quantitative estimate of drug-likeness (QED) is 0.687. The van der Waals surface area contributed by atoms with Gasteiger partial charge in [-0.3, -0.25) is 4.79 Å². The van der Waals surface area contributed by atoms with E-state index in [9.17, 15) is 4.79 Å². The molecule has 130 valence electrons. The van der Waals surface area contributed by atoms with E-state index >= 15 is 0 Å². The number of carbonyl (C=O) groups is 1. The number of nitrogens with zero attached hydrogens (tertiary/aromatic N) is 3. The molecule has 4 rings (SSSR count). The molecule has 1 saturated carbocycles. The van der Waals surface area contributed by atoms with E-state index in [1.165, 1.54) is 4.88 Å². The molecule has 0 radical (unpaired) electrons. The van der Waals surface area contributed by atoms with E-state index in [1.807, 2.05) is 35.5 Å². The number of thiophene rings is 1. The first-order chi connectivity index (χ1) is 12.2. The Bertz CT molecular complexity index is 862. The van der Waals surface area contributed by atoms with Crippen LogP contribution in [0.15, 0.2) is 48.1 Å². The first-order valence-electron chi connectivity index (χ1n) is 8.99. The van der Waals surface area contributed by atoms with Crippen LogP contribution < -0.4 is 0 Å². The molecule has 3 aromatic rings. The predicted molar refractivity (Wildman–Crippen MR) is 101 cm³/mol. The lowest BCUT2D eigenvalue weighted by atomic mass is 9.82. The summed E-state index contributed by atoms with van der Waals surface area (Å²) in [5.41, 5.74) is 1.67. The van der Waals surface area contributed by atoms with Gasteiger partial charge < -0.3 is 9.30 Å². The number of hydrogen-bond acceptors (Lipinski definition) is 3. The number of likely N-dealkylation sites (N-methyl/N-ethyl adjacent to an activating group) is 1.